The van der Waals surface area contributed by atoms with Crippen molar-refractivity contribution in [2.75, 3.05) is 11.5 Å². The molecule has 1 heterocycles. The largest absolute Gasteiger partial charge is 0.492 e. The molecule has 1 aliphatic carbocycles. The minimum absolute atomic E-state index is 0.0936. The number of rotatable bonds is 7. The molecule has 1 aliphatic rings. The number of nitrogens with zero attached hydrogens (tertiary/aromatic N) is 1. The molecule has 0 radical (unpaired) electrons. The molecule has 1 aromatic carbocycles. The van der Waals surface area contributed by atoms with Crippen LogP contribution < -0.4 is 15.0 Å². The molecular weight excluding hydrogens is 429 g/mol. The Labute approximate surface area is 183 Å². The van der Waals surface area contributed by atoms with Crippen molar-refractivity contribution in [3.8, 4) is 5.75 Å². The molecule has 1 saturated carbocycles. The van der Waals surface area contributed by atoms with Crippen molar-refractivity contribution in [1.82, 2.24) is 5.32 Å². The molecule has 31 heavy (non-hydrogen) atoms. The summed E-state index contributed by atoms with van der Waals surface area (Å²) in [4.78, 5) is 26.8. The average molecular weight is 455 g/mol. The van der Waals surface area contributed by atoms with Gasteiger partial charge in [-0.15, -0.1) is 11.3 Å². The van der Waals surface area contributed by atoms with Gasteiger partial charge in [0, 0.05) is 10.9 Å². The summed E-state index contributed by atoms with van der Waals surface area (Å²) in [5.74, 6) is -2.63. The van der Waals surface area contributed by atoms with Crippen molar-refractivity contribution in [1.29, 1.82) is 0 Å². The highest BCUT2D eigenvalue weighted by Crippen LogP contribution is 2.39. The third-order valence-electron chi connectivity index (χ3n) is 5.16. The highest BCUT2D eigenvalue weighted by atomic mass is 32.1. The van der Waals surface area contributed by atoms with Crippen molar-refractivity contribution < 1.29 is 27.5 Å². The first-order chi connectivity index (χ1) is 14.8. The first-order valence-corrected chi connectivity index (χ1v) is 11.2. The van der Waals surface area contributed by atoms with Crippen LogP contribution in [0.1, 0.15) is 49.9 Å². The lowest BCUT2D eigenvalue weighted by molar-refractivity contribution is -0.171. The summed E-state index contributed by atoms with van der Waals surface area (Å²) in [6, 6.07) is 7.60. The molecular formula is C22H25F3N2O3S. The number of benzene rings is 1. The molecule has 3 rings (SSSR count). The van der Waals surface area contributed by atoms with E-state index in [1.54, 1.807) is 30.5 Å². The topological polar surface area (TPSA) is 58.6 Å². The Kier molecular flexibility index (Phi) is 7.59. The van der Waals surface area contributed by atoms with Crippen molar-refractivity contribution in [3.05, 3.63) is 46.7 Å². The lowest BCUT2D eigenvalue weighted by Gasteiger charge is -2.33. The summed E-state index contributed by atoms with van der Waals surface area (Å²) in [5, 5.41) is 4.55. The number of thiophene rings is 1. The first kappa shape index (κ1) is 23.1. The number of hydrogen-bond acceptors (Lipinski definition) is 4. The van der Waals surface area contributed by atoms with Crippen LogP contribution in [0.25, 0.3) is 0 Å². The molecule has 0 spiro atoms. The Balaban J connectivity index is 2.07. The molecule has 1 N–H and O–H groups in total. The van der Waals surface area contributed by atoms with E-state index >= 15 is 0 Å². The number of anilines is 1. The SMILES string of the molecule is CCOc1ccccc1N(C(=O)C(F)(F)F)C(C(=O)NC1CCCCC1)c1cccs1. The van der Waals surface area contributed by atoms with Gasteiger partial charge in [0.2, 0.25) is 5.91 Å². The van der Waals surface area contributed by atoms with Crippen molar-refractivity contribution in [2.24, 2.45) is 0 Å². The fourth-order valence-corrected chi connectivity index (χ4v) is 4.60. The minimum atomic E-state index is -5.17. The molecule has 168 valence electrons. The number of ether oxygens (including phenoxy) is 1. The number of alkyl halides is 3. The van der Waals surface area contributed by atoms with Crippen LogP contribution in [0.4, 0.5) is 18.9 Å². The Morgan fingerprint density at radius 2 is 1.87 bits per heavy atom. The molecule has 2 aromatic rings. The van der Waals surface area contributed by atoms with Gasteiger partial charge in [0.25, 0.3) is 0 Å². The summed E-state index contributed by atoms with van der Waals surface area (Å²) < 4.78 is 46.5. The van der Waals surface area contributed by atoms with Gasteiger partial charge < -0.3 is 10.1 Å². The molecule has 1 unspecified atom stereocenters. The van der Waals surface area contributed by atoms with Gasteiger partial charge in [-0.2, -0.15) is 13.2 Å². The number of carbonyl (C=O) groups excluding carboxylic acids is 2. The van der Waals surface area contributed by atoms with E-state index in [4.69, 9.17) is 4.74 Å². The molecule has 1 aromatic heterocycles. The average Bonchev–Trinajstić information content (AvgIpc) is 3.26. The summed E-state index contributed by atoms with van der Waals surface area (Å²) >= 11 is 1.13. The fraction of sp³-hybridized carbons (Fsp3) is 0.455. The molecule has 5 nitrogen and oxygen atoms in total. The monoisotopic (exact) mass is 454 g/mol. The number of hydrogen-bond donors (Lipinski definition) is 1. The predicted octanol–water partition coefficient (Wildman–Crippen LogP) is 5.23. The van der Waals surface area contributed by atoms with Crippen LogP contribution in [0.5, 0.6) is 5.75 Å². The number of nitrogens with one attached hydrogen (secondary N) is 1. The van der Waals surface area contributed by atoms with Gasteiger partial charge in [-0.3, -0.25) is 14.5 Å². The number of amides is 2. The zero-order valence-corrected chi connectivity index (χ0v) is 18.0. The van der Waals surface area contributed by atoms with E-state index in [1.807, 2.05) is 0 Å². The smallest absolute Gasteiger partial charge is 0.471 e. The first-order valence-electron chi connectivity index (χ1n) is 10.3. The lowest BCUT2D eigenvalue weighted by Crippen LogP contribution is -2.50. The van der Waals surface area contributed by atoms with Crippen LogP contribution in [0, 0.1) is 0 Å². The molecule has 1 fully saturated rings. The number of halogens is 3. The second kappa shape index (κ2) is 10.2. The summed E-state index contributed by atoms with van der Waals surface area (Å²) in [6.45, 7) is 1.89. The second-order valence-corrected chi connectivity index (χ2v) is 8.31. The normalized spacial score (nSPS) is 15.9. The van der Waals surface area contributed by atoms with Gasteiger partial charge in [0.15, 0.2) is 6.04 Å². The summed E-state index contributed by atoms with van der Waals surface area (Å²) in [6.07, 6.45) is -0.654. The third kappa shape index (κ3) is 5.58. The summed E-state index contributed by atoms with van der Waals surface area (Å²) in [7, 11) is 0. The van der Waals surface area contributed by atoms with Gasteiger partial charge in [0.1, 0.15) is 5.75 Å². The fourth-order valence-electron chi connectivity index (χ4n) is 3.78. The van der Waals surface area contributed by atoms with Gasteiger partial charge in [0.05, 0.1) is 12.3 Å². The zero-order valence-electron chi connectivity index (χ0n) is 17.2. The van der Waals surface area contributed by atoms with E-state index in [1.165, 1.54) is 18.2 Å². The van der Waals surface area contributed by atoms with E-state index in [0.29, 0.717) is 9.78 Å². The Morgan fingerprint density at radius 1 is 1.16 bits per heavy atom. The summed E-state index contributed by atoms with van der Waals surface area (Å²) in [5.41, 5.74) is -0.0936. The van der Waals surface area contributed by atoms with Crippen LogP contribution in [0.3, 0.4) is 0 Å². The Morgan fingerprint density at radius 3 is 2.48 bits per heavy atom. The maximum absolute atomic E-state index is 13.7. The van der Waals surface area contributed by atoms with E-state index in [-0.39, 0.29) is 24.1 Å². The van der Waals surface area contributed by atoms with E-state index in [9.17, 15) is 22.8 Å². The lowest BCUT2D eigenvalue weighted by atomic mass is 9.95. The number of carbonyl (C=O) groups is 2. The second-order valence-electron chi connectivity index (χ2n) is 7.34. The maximum Gasteiger partial charge on any atom is 0.471 e. The van der Waals surface area contributed by atoms with Crippen LogP contribution >= 0.6 is 11.3 Å². The van der Waals surface area contributed by atoms with E-state index in [0.717, 1.165) is 43.4 Å². The quantitative estimate of drug-likeness (QED) is 0.623. The maximum atomic E-state index is 13.7. The predicted molar refractivity (Wildman–Crippen MR) is 113 cm³/mol. The molecule has 0 aliphatic heterocycles. The highest BCUT2D eigenvalue weighted by molar-refractivity contribution is 7.10. The Bertz CT molecular complexity index is 880. The van der Waals surface area contributed by atoms with Crippen LogP contribution in [-0.4, -0.2) is 30.6 Å². The minimum Gasteiger partial charge on any atom is -0.492 e. The Hall–Kier alpha value is -2.55. The van der Waals surface area contributed by atoms with Gasteiger partial charge in [-0.1, -0.05) is 37.5 Å². The van der Waals surface area contributed by atoms with Crippen LogP contribution in [0.15, 0.2) is 41.8 Å². The van der Waals surface area contributed by atoms with Crippen LogP contribution in [0.2, 0.25) is 0 Å². The van der Waals surface area contributed by atoms with Gasteiger partial charge >= 0.3 is 12.1 Å². The highest BCUT2D eigenvalue weighted by Gasteiger charge is 2.48. The van der Waals surface area contributed by atoms with Crippen molar-refractivity contribution >= 4 is 28.8 Å². The van der Waals surface area contributed by atoms with Crippen molar-refractivity contribution in [3.63, 3.8) is 0 Å². The molecule has 9 heteroatoms. The van der Waals surface area contributed by atoms with Crippen molar-refractivity contribution in [2.45, 2.75) is 57.3 Å². The standard InChI is InChI=1S/C22H25F3N2O3S/c1-2-30-17-12-7-6-11-16(17)27(21(29)22(23,24)25)19(18-13-8-14-31-18)20(28)26-15-9-4-3-5-10-15/h6-8,11-15,19H,2-5,9-10H2,1H3,(H,26,28). The third-order valence-corrected chi connectivity index (χ3v) is 6.08. The van der Waals surface area contributed by atoms with Gasteiger partial charge in [-0.25, -0.2) is 0 Å². The molecule has 2 amide bonds. The van der Waals surface area contributed by atoms with E-state index in [2.05, 4.69) is 5.32 Å². The van der Waals surface area contributed by atoms with Crippen LogP contribution in [-0.2, 0) is 9.59 Å². The molecule has 1 atom stereocenters. The number of para-hydroxylation sites is 2. The molecule has 0 bridgehead atoms. The zero-order chi connectivity index (χ0) is 22.4. The van der Waals surface area contributed by atoms with E-state index < -0.39 is 24.0 Å². The molecule has 0 saturated heterocycles. The van der Waals surface area contributed by atoms with Gasteiger partial charge in [-0.05, 0) is 43.3 Å².